The first-order chi connectivity index (χ1) is 13.3. The number of benzene rings is 2. The first kappa shape index (κ1) is 19.3. The number of aryl methyl sites for hydroxylation is 2. The molecule has 7 heteroatoms. The van der Waals surface area contributed by atoms with E-state index in [0.717, 1.165) is 15.7 Å². The molecule has 144 valence electrons. The smallest absolute Gasteiger partial charge is 0.325 e. The Balaban J connectivity index is 1.81. The van der Waals surface area contributed by atoms with Crippen LogP contribution in [0.15, 0.2) is 64.3 Å². The predicted molar refractivity (Wildman–Crippen MR) is 105 cm³/mol. The Bertz CT molecular complexity index is 1110. The summed E-state index contributed by atoms with van der Waals surface area (Å²) in [6.45, 7) is 3.60. The number of rotatable bonds is 5. The van der Waals surface area contributed by atoms with E-state index in [2.05, 4.69) is 5.32 Å². The summed E-state index contributed by atoms with van der Waals surface area (Å²) in [4.78, 5) is 37.1. The monoisotopic (exact) mass is 381 g/mol. The highest BCUT2D eigenvalue weighted by atomic mass is 19.1. The van der Waals surface area contributed by atoms with Gasteiger partial charge in [0.2, 0.25) is 5.91 Å². The van der Waals surface area contributed by atoms with E-state index in [0.29, 0.717) is 11.3 Å². The van der Waals surface area contributed by atoms with Crippen LogP contribution in [0.2, 0.25) is 0 Å². The SMILES string of the molecule is Cc1cc(C)cc(NC(=O)Cn2c(=O)ccn(Cc3ccc(F)cc3)c2=O)c1. The maximum atomic E-state index is 13.0. The molecule has 0 unspecified atom stereocenters. The quantitative estimate of drug-likeness (QED) is 0.738. The molecule has 0 fully saturated rings. The molecule has 0 bridgehead atoms. The Morgan fingerprint density at radius 2 is 1.64 bits per heavy atom. The van der Waals surface area contributed by atoms with E-state index in [1.807, 2.05) is 32.0 Å². The minimum atomic E-state index is -0.604. The van der Waals surface area contributed by atoms with Crippen molar-refractivity contribution in [3.05, 3.63) is 98.1 Å². The number of halogens is 1. The van der Waals surface area contributed by atoms with Crippen LogP contribution >= 0.6 is 0 Å². The topological polar surface area (TPSA) is 73.1 Å². The van der Waals surface area contributed by atoms with Crippen molar-refractivity contribution in [2.75, 3.05) is 5.32 Å². The van der Waals surface area contributed by atoms with Crippen molar-refractivity contribution in [1.29, 1.82) is 0 Å². The maximum Gasteiger partial charge on any atom is 0.331 e. The molecule has 0 atom stereocenters. The fourth-order valence-corrected chi connectivity index (χ4v) is 3.00. The lowest BCUT2D eigenvalue weighted by Gasteiger charge is -2.11. The van der Waals surface area contributed by atoms with E-state index in [1.165, 1.54) is 29.0 Å². The Morgan fingerprint density at radius 1 is 1.00 bits per heavy atom. The Kier molecular flexibility index (Phi) is 5.54. The van der Waals surface area contributed by atoms with Crippen LogP contribution in [0.3, 0.4) is 0 Å². The molecule has 3 rings (SSSR count). The summed E-state index contributed by atoms with van der Waals surface area (Å²) in [7, 11) is 0. The molecule has 28 heavy (non-hydrogen) atoms. The fraction of sp³-hybridized carbons (Fsp3) is 0.190. The molecule has 0 aliphatic carbocycles. The third kappa shape index (κ3) is 4.62. The molecular formula is C21H20FN3O3. The van der Waals surface area contributed by atoms with Gasteiger partial charge in [-0.05, 0) is 54.8 Å². The van der Waals surface area contributed by atoms with Gasteiger partial charge < -0.3 is 5.32 Å². The number of hydrogen-bond acceptors (Lipinski definition) is 3. The Hall–Kier alpha value is -3.48. The molecular weight excluding hydrogens is 361 g/mol. The first-order valence-electron chi connectivity index (χ1n) is 8.75. The van der Waals surface area contributed by atoms with Crippen molar-refractivity contribution < 1.29 is 9.18 Å². The highest BCUT2D eigenvalue weighted by Gasteiger charge is 2.11. The summed E-state index contributed by atoms with van der Waals surface area (Å²) in [5, 5.41) is 2.71. The van der Waals surface area contributed by atoms with Crippen molar-refractivity contribution in [2.24, 2.45) is 0 Å². The molecule has 0 spiro atoms. The highest BCUT2D eigenvalue weighted by Crippen LogP contribution is 2.13. The van der Waals surface area contributed by atoms with E-state index in [-0.39, 0.29) is 12.4 Å². The van der Waals surface area contributed by atoms with E-state index in [4.69, 9.17) is 0 Å². The molecule has 3 aromatic rings. The van der Waals surface area contributed by atoms with Gasteiger partial charge in [-0.2, -0.15) is 0 Å². The van der Waals surface area contributed by atoms with Gasteiger partial charge in [0.1, 0.15) is 12.4 Å². The average molecular weight is 381 g/mol. The van der Waals surface area contributed by atoms with Gasteiger partial charge >= 0.3 is 5.69 Å². The van der Waals surface area contributed by atoms with Crippen molar-refractivity contribution in [3.63, 3.8) is 0 Å². The number of nitrogens with zero attached hydrogens (tertiary/aromatic N) is 2. The zero-order valence-electron chi connectivity index (χ0n) is 15.6. The molecule has 0 aliphatic rings. The molecule has 1 heterocycles. The van der Waals surface area contributed by atoms with Gasteiger partial charge in [0.05, 0.1) is 6.54 Å². The van der Waals surface area contributed by atoms with E-state index >= 15 is 0 Å². The molecule has 1 N–H and O–H groups in total. The standard InChI is InChI=1S/C21H20FN3O3/c1-14-9-15(2)11-18(10-14)23-19(26)13-25-20(27)7-8-24(21(25)28)12-16-3-5-17(22)6-4-16/h3-11H,12-13H2,1-2H3,(H,23,26). The van der Waals surface area contributed by atoms with Crippen molar-refractivity contribution in [2.45, 2.75) is 26.9 Å². The molecule has 0 saturated carbocycles. The van der Waals surface area contributed by atoms with Gasteiger partial charge in [-0.15, -0.1) is 0 Å². The molecule has 1 amide bonds. The first-order valence-corrected chi connectivity index (χ1v) is 8.75. The molecule has 2 aromatic carbocycles. The third-order valence-corrected chi connectivity index (χ3v) is 4.21. The molecule has 0 saturated heterocycles. The molecule has 0 radical (unpaired) electrons. The lowest BCUT2D eigenvalue weighted by molar-refractivity contribution is -0.116. The number of anilines is 1. The zero-order chi connectivity index (χ0) is 20.3. The van der Waals surface area contributed by atoms with Gasteiger partial charge in [0.15, 0.2) is 0 Å². The van der Waals surface area contributed by atoms with Crippen molar-refractivity contribution in [1.82, 2.24) is 9.13 Å². The maximum absolute atomic E-state index is 13.0. The zero-order valence-corrected chi connectivity index (χ0v) is 15.6. The number of aromatic nitrogens is 2. The normalized spacial score (nSPS) is 10.7. The third-order valence-electron chi connectivity index (χ3n) is 4.21. The van der Waals surface area contributed by atoms with E-state index in [9.17, 15) is 18.8 Å². The van der Waals surface area contributed by atoms with Gasteiger partial charge in [0.25, 0.3) is 5.56 Å². The van der Waals surface area contributed by atoms with Crippen LogP contribution in [0.5, 0.6) is 0 Å². The summed E-state index contributed by atoms with van der Waals surface area (Å²) < 4.78 is 15.2. The van der Waals surface area contributed by atoms with Gasteiger partial charge in [-0.25, -0.2) is 9.18 Å². The molecule has 6 nitrogen and oxygen atoms in total. The molecule has 0 aliphatic heterocycles. The van der Waals surface area contributed by atoms with Crippen LogP contribution < -0.4 is 16.6 Å². The number of nitrogens with one attached hydrogen (secondary N) is 1. The Morgan fingerprint density at radius 3 is 2.29 bits per heavy atom. The van der Waals surface area contributed by atoms with Crippen molar-refractivity contribution in [3.8, 4) is 0 Å². The van der Waals surface area contributed by atoms with Crippen molar-refractivity contribution >= 4 is 11.6 Å². The van der Waals surface area contributed by atoms with Crippen LogP contribution in [-0.2, 0) is 17.9 Å². The minimum absolute atomic E-state index is 0.165. The number of hydrogen-bond donors (Lipinski definition) is 1. The average Bonchev–Trinajstić information content (AvgIpc) is 2.62. The number of carbonyl (C=O) groups excluding carboxylic acids is 1. The van der Waals surface area contributed by atoms with Crippen LogP contribution in [0.4, 0.5) is 10.1 Å². The second-order valence-electron chi connectivity index (χ2n) is 6.70. The lowest BCUT2D eigenvalue weighted by atomic mass is 10.1. The van der Waals surface area contributed by atoms with Gasteiger partial charge in [0, 0.05) is 18.0 Å². The minimum Gasteiger partial charge on any atom is -0.325 e. The van der Waals surface area contributed by atoms with E-state index < -0.39 is 23.7 Å². The van der Waals surface area contributed by atoms with Gasteiger partial charge in [-0.1, -0.05) is 18.2 Å². The lowest BCUT2D eigenvalue weighted by Crippen LogP contribution is -2.41. The van der Waals surface area contributed by atoms with Crippen LogP contribution in [0, 0.1) is 19.7 Å². The Labute approximate surface area is 160 Å². The summed E-state index contributed by atoms with van der Waals surface area (Å²) in [6, 6.07) is 12.5. The largest absolute Gasteiger partial charge is 0.331 e. The van der Waals surface area contributed by atoms with Crippen LogP contribution in [0.1, 0.15) is 16.7 Å². The summed E-state index contributed by atoms with van der Waals surface area (Å²) in [5.41, 5.74) is 2.14. The number of carbonyl (C=O) groups is 1. The van der Waals surface area contributed by atoms with Crippen LogP contribution in [-0.4, -0.2) is 15.0 Å². The second kappa shape index (κ2) is 8.04. The fourth-order valence-electron chi connectivity index (χ4n) is 3.00. The van der Waals surface area contributed by atoms with E-state index in [1.54, 1.807) is 12.1 Å². The van der Waals surface area contributed by atoms with Gasteiger partial charge in [-0.3, -0.25) is 18.7 Å². The number of amides is 1. The summed E-state index contributed by atoms with van der Waals surface area (Å²) >= 11 is 0. The second-order valence-corrected chi connectivity index (χ2v) is 6.70. The summed E-state index contributed by atoms with van der Waals surface area (Å²) in [5.74, 6) is -0.840. The van der Waals surface area contributed by atoms with Crippen LogP contribution in [0.25, 0.3) is 0 Å². The molecule has 1 aromatic heterocycles. The highest BCUT2D eigenvalue weighted by molar-refractivity contribution is 5.90. The predicted octanol–water partition coefficient (Wildman–Crippen LogP) is 2.45. The summed E-state index contributed by atoms with van der Waals surface area (Å²) in [6.07, 6.45) is 1.37.